The fraction of sp³-hybridized carbons (Fsp3) is 0.500. The molecule has 0 heterocycles. The molecule has 0 unspecified atom stereocenters. The van der Waals surface area contributed by atoms with Gasteiger partial charge in [0.2, 0.25) is 10.0 Å². The molecule has 0 aliphatic carbocycles. The third kappa shape index (κ3) is 4.13. The largest absolute Gasteiger partial charge is 0.389 e. The van der Waals surface area contributed by atoms with Crippen molar-refractivity contribution in [1.82, 2.24) is 4.31 Å². The van der Waals surface area contributed by atoms with Gasteiger partial charge in [-0.3, -0.25) is 10.1 Å². The molecule has 1 aromatic rings. The average Bonchev–Trinajstić information content (AvgIpc) is 2.35. The Hall–Kier alpha value is -1.71. The quantitative estimate of drug-likeness (QED) is 0.598. The predicted molar refractivity (Wildman–Crippen MR) is 78.8 cm³/mol. The molecule has 118 valence electrons. The smallest absolute Gasteiger partial charge is 0.293 e. The second-order valence-corrected chi connectivity index (χ2v) is 7.30. The van der Waals surface area contributed by atoms with Crippen molar-refractivity contribution in [2.45, 2.75) is 24.3 Å². The van der Waals surface area contributed by atoms with Crippen molar-refractivity contribution >= 4 is 21.4 Å². The topological polar surface area (TPSA) is 113 Å². The molecule has 8 nitrogen and oxygen atoms in total. The maximum Gasteiger partial charge on any atom is 0.293 e. The standard InChI is InChI=1S/C12H19N3O5S/c1-12(2,16)8-14(4)21(19,20)9-5-6-10(13-3)11(7-9)15(17)18/h5-7,13,16H,8H2,1-4H3. The van der Waals surface area contributed by atoms with Gasteiger partial charge in [-0.25, -0.2) is 8.42 Å². The number of likely N-dealkylation sites (N-methyl/N-ethyl adjacent to an activating group) is 1. The number of anilines is 1. The molecule has 0 aromatic heterocycles. The van der Waals surface area contributed by atoms with Crippen LogP contribution in [0.5, 0.6) is 0 Å². The van der Waals surface area contributed by atoms with E-state index in [4.69, 9.17) is 0 Å². The van der Waals surface area contributed by atoms with Gasteiger partial charge in [0.15, 0.2) is 0 Å². The van der Waals surface area contributed by atoms with E-state index in [9.17, 15) is 23.6 Å². The van der Waals surface area contributed by atoms with E-state index < -0.39 is 20.5 Å². The number of sulfonamides is 1. The van der Waals surface area contributed by atoms with Gasteiger partial charge in [-0.15, -0.1) is 0 Å². The van der Waals surface area contributed by atoms with E-state index in [1.54, 1.807) is 0 Å². The zero-order chi connectivity index (χ0) is 16.4. The normalized spacial score (nSPS) is 12.5. The van der Waals surface area contributed by atoms with Gasteiger partial charge in [0.05, 0.1) is 15.4 Å². The van der Waals surface area contributed by atoms with E-state index in [2.05, 4.69) is 5.32 Å². The Bertz CT molecular complexity index is 637. The summed E-state index contributed by atoms with van der Waals surface area (Å²) < 4.78 is 25.7. The summed E-state index contributed by atoms with van der Waals surface area (Å²) in [5.74, 6) is 0. The molecule has 21 heavy (non-hydrogen) atoms. The van der Waals surface area contributed by atoms with Crippen molar-refractivity contribution in [3.63, 3.8) is 0 Å². The summed E-state index contributed by atoms with van der Waals surface area (Å²) in [6.45, 7) is 2.83. The summed E-state index contributed by atoms with van der Waals surface area (Å²) in [5, 5.41) is 23.3. The summed E-state index contributed by atoms with van der Waals surface area (Å²) in [5.41, 5.74) is -1.31. The lowest BCUT2D eigenvalue weighted by Crippen LogP contribution is -2.39. The maximum atomic E-state index is 12.4. The maximum absolute atomic E-state index is 12.4. The third-order valence-electron chi connectivity index (χ3n) is 2.75. The minimum absolute atomic E-state index is 0.128. The first-order valence-corrected chi connectivity index (χ1v) is 7.58. The summed E-state index contributed by atoms with van der Waals surface area (Å²) in [7, 11) is -1.09. The summed E-state index contributed by atoms with van der Waals surface area (Å²) >= 11 is 0. The van der Waals surface area contributed by atoms with Crippen LogP contribution in [0.3, 0.4) is 0 Å². The van der Waals surface area contributed by atoms with E-state index in [-0.39, 0.29) is 22.8 Å². The summed E-state index contributed by atoms with van der Waals surface area (Å²) in [6, 6.07) is 3.63. The van der Waals surface area contributed by atoms with Crippen molar-refractivity contribution in [1.29, 1.82) is 0 Å². The van der Waals surface area contributed by atoms with Crippen LogP contribution in [0.4, 0.5) is 11.4 Å². The highest BCUT2D eigenvalue weighted by molar-refractivity contribution is 7.89. The lowest BCUT2D eigenvalue weighted by molar-refractivity contribution is -0.384. The molecule has 0 fully saturated rings. The van der Waals surface area contributed by atoms with E-state index >= 15 is 0 Å². The Morgan fingerprint density at radius 1 is 1.43 bits per heavy atom. The number of hydrogen-bond acceptors (Lipinski definition) is 6. The number of nitro groups is 1. The van der Waals surface area contributed by atoms with Gasteiger partial charge in [-0.1, -0.05) is 0 Å². The van der Waals surface area contributed by atoms with E-state index in [0.29, 0.717) is 0 Å². The minimum atomic E-state index is -3.91. The predicted octanol–water partition coefficient (Wildman–Crippen LogP) is 1.03. The van der Waals surface area contributed by atoms with Gasteiger partial charge < -0.3 is 10.4 Å². The number of rotatable bonds is 6. The molecule has 1 rings (SSSR count). The van der Waals surface area contributed by atoms with Gasteiger partial charge in [0.25, 0.3) is 5.69 Å². The molecule has 0 aliphatic heterocycles. The third-order valence-corrected chi connectivity index (χ3v) is 4.55. The van der Waals surface area contributed by atoms with Gasteiger partial charge in [0, 0.05) is 26.7 Å². The number of aliphatic hydroxyl groups is 1. The van der Waals surface area contributed by atoms with Crippen molar-refractivity contribution in [2.75, 3.05) is 26.0 Å². The Morgan fingerprint density at radius 3 is 2.43 bits per heavy atom. The molecule has 0 radical (unpaired) electrons. The molecule has 0 atom stereocenters. The second-order valence-electron chi connectivity index (χ2n) is 5.26. The SMILES string of the molecule is CNc1ccc(S(=O)(=O)N(C)CC(C)(C)O)cc1[N+](=O)[O-]. The van der Waals surface area contributed by atoms with Crippen molar-refractivity contribution in [3.05, 3.63) is 28.3 Å². The molecule has 0 spiro atoms. The molecule has 0 saturated carbocycles. The van der Waals surface area contributed by atoms with Gasteiger partial charge in [-0.05, 0) is 26.0 Å². The minimum Gasteiger partial charge on any atom is -0.389 e. The van der Waals surface area contributed by atoms with Crippen LogP contribution in [-0.2, 0) is 10.0 Å². The highest BCUT2D eigenvalue weighted by atomic mass is 32.2. The van der Waals surface area contributed by atoms with Crippen LogP contribution in [0.1, 0.15) is 13.8 Å². The highest BCUT2D eigenvalue weighted by Gasteiger charge is 2.28. The van der Waals surface area contributed by atoms with Crippen LogP contribution < -0.4 is 5.32 Å². The fourth-order valence-corrected chi connectivity index (χ4v) is 3.19. The Balaban J connectivity index is 3.26. The summed E-state index contributed by atoms with van der Waals surface area (Å²) in [4.78, 5) is 10.1. The molecule has 1 aromatic carbocycles. The van der Waals surface area contributed by atoms with E-state index in [0.717, 1.165) is 10.4 Å². The molecule has 2 N–H and O–H groups in total. The number of hydrogen-bond donors (Lipinski definition) is 2. The number of nitrogens with zero attached hydrogens (tertiary/aromatic N) is 2. The van der Waals surface area contributed by atoms with E-state index in [1.807, 2.05) is 0 Å². The van der Waals surface area contributed by atoms with Gasteiger partial charge in [-0.2, -0.15) is 4.31 Å². The van der Waals surface area contributed by atoms with Gasteiger partial charge in [0.1, 0.15) is 5.69 Å². The fourth-order valence-electron chi connectivity index (χ4n) is 1.84. The van der Waals surface area contributed by atoms with Crippen LogP contribution in [0.25, 0.3) is 0 Å². The first-order valence-electron chi connectivity index (χ1n) is 6.14. The monoisotopic (exact) mass is 317 g/mol. The number of benzene rings is 1. The van der Waals surface area contributed by atoms with Gasteiger partial charge >= 0.3 is 0 Å². The van der Waals surface area contributed by atoms with Crippen LogP contribution >= 0.6 is 0 Å². The highest BCUT2D eigenvalue weighted by Crippen LogP contribution is 2.28. The zero-order valence-electron chi connectivity index (χ0n) is 12.3. The first-order chi connectivity index (χ1) is 9.49. The Labute approximate surface area is 123 Å². The van der Waals surface area contributed by atoms with Crippen LogP contribution in [0.15, 0.2) is 23.1 Å². The molecule has 0 amide bonds. The van der Waals surface area contributed by atoms with E-state index in [1.165, 1.54) is 40.1 Å². The molecular weight excluding hydrogens is 298 g/mol. The first kappa shape index (κ1) is 17.3. The molecule has 9 heteroatoms. The van der Waals surface area contributed by atoms with Crippen LogP contribution in [-0.4, -0.2) is 49.0 Å². The number of nitrogens with one attached hydrogen (secondary N) is 1. The molecule has 0 bridgehead atoms. The second kappa shape index (κ2) is 5.96. The molecule has 0 saturated heterocycles. The molecule has 0 aliphatic rings. The Kier molecular flexibility index (Phi) is 4.92. The van der Waals surface area contributed by atoms with Crippen molar-refractivity contribution in [2.24, 2.45) is 0 Å². The lowest BCUT2D eigenvalue weighted by Gasteiger charge is -2.25. The van der Waals surface area contributed by atoms with Crippen LogP contribution in [0, 0.1) is 10.1 Å². The number of nitro benzene ring substituents is 1. The Morgan fingerprint density at radius 2 is 2.00 bits per heavy atom. The summed E-state index contributed by atoms with van der Waals surface area (Å²) in [6.07, 6.45) is 0. The molecular formula is C12H19N3O5S. The van der Waals surface area contributed by atoms with Crippen molar-refractivity contribution < 1.29 is 18.4 Å². The van der Waals surface area contributed by atoms with Crippen LogP contribution in [0.2, 0.25) is 0 Å². The van der Waals surface area contributed by atoms with Crippen molar-refractivity contribution in [3.8, 4) is 0 Å². The average molecular weight is 317 g/mol. The lowest BCUT2D eigenvalue weighted by atomic mass is 10.1. The zero-order valence-corrected chi connectivity index (χ0v) is 13.1.